The van der Waals surface area contributed by atoms with Crippen LogP contribution in [0.2, 0.25) is 0 Å². The fourth-order valence-corrected chi connectivity index (χ4v) is 3.11. The molecule has 2 heterocycles. The average molecular weight is 329 g/mol. The summed E-state index contributed by atoms with van der Waals surface area (Å²) in [5.74, 6) is 2.31. The van der Waals surface area contributed by atoms with E-state index in [1.165, 1.54) is 12.8 Å². The molecule has 0 radical (unpaired) electrons. The second kappa shape index (κ2) is 7.34. The van der Waals surface area contributed by atoms with Gasteiger partial charge in [0.25, 0.3) is 0 Å². The van der Waals surface area contributed by atoms with Gasteiger partial charge >= 0.3 is 0 Å². The third kappa shape index (κ3) is 3.61. The van der Waals surface area contributed by atoms with Crippen molar-refractivity contribution in [2.24, 2.45) is 0 Å². The molecule has 130 valence electrons. The van der Waals surface area contributed by atoms with Crippen LogP contribution in [0, 0.1) is 13.8 Å². The number of hydrogen-bond donors (Lipinski definition) is 1. The zero-order valence-corrected chi connectivity index (χ0v) is 15.1. The lowest BCUT2D eigenvalue weighted by molar-refractivity contribution is 0.214. The molecule has 1 N–H and O–H groups in total. The number of hydrogen-bond acceptors (Lipinski definition) is 5. The Morgan fingerprint density at radius 2 is 2.04 bits per heavy atom. The van der Waals surface area contributed by atoms with Gasteiger partial charge in [-0.25, -0.2) is 0 Å². The second-order valence-electron chi connectivity index (χ2n) is 6.73. The summed E-state index contributed by atoms with van der Waals surface area (Å²) in [5, 5.41) is 7.63. The van der Waals surface area contributed by atoms with Gasteiger partial charge in [0.1, 0.15) is 5.75 Å². The van der Waals surface area contributed by atoms with Crippen LogP contribution in [0.4, 0.5) is 0 Å². The first-order valence-electron chi connectivity index (χ1n) is 8.93. The van der Waals surface area contributed by atoms with Gasteiger partial charge in [0.2, 0.25) is 11.7 Å². The highest BCUT2D eigenvalue weighted by Crippen LogP contribution is 2.31. The molecule has 1 aliphatic rings. The molecule has 0 spiro atoms. The molecule has 2 atom stereocenters. The fraction of sp³-hybridized carbons (Fsp3) is 0.579. The minimum atomic E-state index is 0.190. The van der Waals surface area contributed by atoms with E-state index in [1.54, 1.807) is 0 Å². The number of nitrogens with zero attached hydrogens (tertiary/aromatic N) is 2. The molecule has 24 heavy (non-hydrogen) atoms. The Morgan fingerprint density at radius 1 is 1.29 bits per heavy atom. The standard InChI is InChI=1S/C19H27N3O2/c1-5-14(4)23-17-12(2)10-15(11-13(17)3)18-21-19(24-22-18)16-8-6-7-9-20-16/h10-11,14,16,20H,5-9H2,1-4H3/t14-,16+/m1/s1. The number of aromatic nitrogens is 2. The summed E-state index contributed by atoms with van der Waals surface area (Å²) < 4.78 is 11.5. The van der Waals surface area contributed by atoms with Gasteiger partial charge in [-0.15, -0.1) is 0 Å². The van der Waals surface area contributed by atoms with Gasteiger partial charge in [-0.3, -0.25) is 0 Å². The van der Waals surface area contributed by atoms with Crippen LogP contribution in [-0.2, 0) is 0 Å². The lowest BCUT2D eigenvalue weighted by Crippen LogP contribution is -2.26. The molecular weight excluding hydrogens is 302 g/mol. The topological polar surface area (TPSA) is 60.2 Å². The van der Waals surface area contributed by atoms with Crippen molar-refractivity contribution in [2.45, 2.75) is 65.5 Å². The van der Waals surface area contributed by atoms with Gasteiger partial charge in [0.05, 0.1) is 12.1 Å². The molecule has 0 unspecified atom stereocenters. The molecule has 5 nitrogen and oxygen atoms in total. The summed E-state index contributed by atoms with van der Waals surface area (Å²) in [6.45, 7) is 9.37. The molecule has 1 aromatic heterocycles. The Balaban J connectivity index is 1.83. The first-order chi connectivity index (χ1) is 11.6. The van der Waals surface area contributed by atoms with Crippen LogP contribution in [0.15, 0.2) is 16.7 Å². The maximum Gasteiger partial charge on any atom is 0.244 e. The Hall–Kier alpha value is -1.88. The predicted molar refractivity (Wildman–Crippen MR) is 94.2 cm³/mol. The molecule has 3 rings (SSSR count). The first kappa shape index (κ1) is 17.0. The highest BCUT2D eigenvalue weighted by molar-refractivity contribution is 5.61. The summed E-state index contributed by atoms with van der Waals surface area (Å²) in [4.78, 5) is 4.61. The van der Waals surface area contributed by atoms with Crippen molar-refractivity contribution in [3.63, 3.8) is 0 Å². The maximum absolute atomic E-state index is 6.04. The van der Waals surface area contributed by atoms with Crippen molar-refractivity contribution in [1.29, 1.82) is 0 Å². The monoisotopic (exact) mass is 329 g/mol. The quantitative estimate of drug-likeness (QED) is 0.884. The zero-order valence-electron chi connectivity index (χ0n) is 15.1. The predicted octanol–water partition coefficient (Wildman–Crippen LogP) is 4.35. The van der Waals surface area contributed by atoms with Gasteiger partial charge in [-0.1, -0.05) is 18.5 Å². The smallest absolute Gasteiger partial charge is 0.244 e. The minimum Gasteiger partial charge on any atom is -0.490 e. The molecule has 0 amide bonds. The van der Waals surface area contributed by atoms with E-state index < -0.39 is 0 Å². The zero-order chi connectivity index (χ0) is 17.1. The number of rotatable bonds is 5. The van der Waals surface area contributed by atoms with E-state index in [2.05, 4.69) is 55.3 Å². The summed E-state index contributed by atoms with van der Waals surface area (Å²) >= 11 is 0. The molecule has 2 aromatic rings. The van der Waals surface area contributed by atoms with E-state index in [9.17, 15) is 0 Å². The van der Waals surface area contributed by atoms with E-state index in [0.29, 0.717) is 11.7 Å². The van der Waals surface area contributed by atoms with Crippen molar-refractivity contribution in [3.8, 4) is 17.1 Å². The van der Waals surface area contributed by atoms with Crippen molar-refractivity contribution < 1.29 is 9.26 Å². The molecule has 0 aliphatic carbocycles. The molecule has 1 aliphatic heterocycles. The molecular formula is C19H27N3O2. The molecule has 0 saturated carbocycles. The number of ether oxygens (including phenoxy) is 1. The van der Waals surface area contributed by atoms with Crippen LogP contribution in [-0.4, -0.2) is 22.8 Å². The van der Waals surface area contributed by atoms with Gasteiger partial charge in [-0.2, -0.15) is 4.98 Å². The van der Waals surface area contributed by atoms with Crippen molar-refractivity contribution in [1.82, 2.24) is 15.5 Å². The van der Waals surface area contributed by atoms with E-state index in [-0.39, 0.29) is 12.1 Å². The SMILES string of the molecule is CC[C@@H](C)Oc1c(C)cc(-c2noc([C@@H]3CCCCN3)n2)cc1C. The van der Waals surface area contributed by atoms with Crippen molar-refractivity contribution in [3.05, 3.63) is 29.2 Å². The third-order valence-electron chi connectivity index (χ3n) is 4.66. The van der Waals surface area contributed by atoms with Crippen LogP contribution in [0.1, 0.15) is 62.6 Å². The number of aryl methyl sites for hydroxylation is 2. The number of nitrogens with one attached hydrogen (secondary N) is 1. The molecule has 1 fully saturated rings. The Kier molecular flexibility index (Phi) is 5.19. The van der Waals surface area contributed by atoms with E-state index in [1.807, 2.05) is 0 Å². The first-order valence-corrected chi connectivity index (χ1v) is 8.93. The van der Waals surface area contributed by atoms with E-state index in [4.69, 9.17) is 9.26 Å². The molecule has 5 heteroatoms. The third-order valence-corrected chi connectivity index (χ3v) is 4.66. The van der Waals surface area contributed by atoms with Gasteiger partial charge in [0, 0.05) is 5.56 Å². The maximum atomic E-state index is 6.04. The highest BCUT2D eigenvalue weighted by atomic mass is 16.5. The number of piperidine rings is 1. The van der Waals surface area contributed by atoms with Crippen LogP contribution in [0.3, 0.4) is 0 Å². The fourth-order valence-electron chi connectivity index (χ4n) is 3.11. The van der Waals surface area contributed by atoms with Crippen LogP contribution in [0.5, 0.6) is 5.75 Å². The average Bonchev–Trinajstić information content (AvgIpc) is 3.08. The van der Waals surface area contributed by atoms with E-state index in [0.717, 1.165) is 41.8 Å². The summed E-state index contributed by atoms with van der Waals surface area (Å²) in [6, 6.07) is 4.34. The van der Waals surface area contributed by atoms with Gasteiger partial charge < -0.3 is 14.6 Å². The second-order valence-corrected chi connectivity index (χ2v) is 6.73. The summed E-state index contributed by atoms with van der Waals surface area (Å²) in [5.41, 5.74) is 3.19. The summed E-state index contributed by atoms with van der Waals surface area (Å²) in [6.07, 6.45) is 4.68. The molecule has 1 saturated heterocycles. The van der Waals surface area contributed by atoms with Gasteiger partial charge in [0.15, 0.2) is 0 Å². The molecule has 1 aromatic carbocycles. The normalized spacial score (nSPS) is 19.2. The Morgan fingerprint density at radius 3 is 2.67 bits per heavy atom. The van der Waals surface area contributed by atoms with E-state index >= 15 is 0 Å². The van der Waals surface area contributed by atoms with Crippen molar-refractivity contribution >= 4 is 0 Å². The Bertz CT molecular complexity index is 667. The van der Waals surface area contributed by atoms with Crippen LogP contribution < -0.4 is 10.1 Å². The lowest BCUT2D eigenvalue weighted by atomic mass is 10.0. The Labute approximate surface area is 143 Å². The number of benzene rings is 1. The van der Waals surface area contributed by atoms with Crippen molar-refractivity contribution in [2.75, 3.05) is 6.54 Å². The summed E-state index contributed by atoms with van der Waals surface area (Å²) in [7, 11) is 0. The lowest BCUT2D eigenvalue weighted by Gasteiger charge is -2.19. The minimum absolute atomic E-state index is 0.190. The van der Waals surface area contributed by atoms with Gasteiger partial charge in [-0.05, 0) is 69.8 Å². The van der Waals surface area contributed by atoms with Crippen LogP contribution in [0.25, 0.3) is 11.4 Å². The molecule has 0 bridgehead atoms. The van der Waals surface area contributed by atoms with Crippen LogP contribution >= 0.6 is 0 Å². The highest BCUT2D eigenvalue weighted by Gasteiger charge is 2.22. The largest absolute Gasteiger partial charge is 0.490 e.